The van der Waals surface area contributed by atoms with E-state index in [2.05, 4.69) is 9.55 Å². The summed E-state index contributed by atoms with van der Waals surface area (Å²) in [5, 5.41) is 0. The van der Waals surface area contributed by atoms with E-state index in [-0.39, 0.29) is 24.5 Å². The van der Waals surface area contributed by atoms with E-state index < -0.39 is 0 Å². The third kappa shape index (κ3) is 3.36. The van der Waals surface area contributed by atoms with Gasteiger partial charge in [-0.2, -0.15) is 0 Å². The number of hydrogen-bond donors (Lipinski definition) is 0. The van der Waals surface area contributed by atoms with Crippen LogP contribution in [-0.2, 0) is 27.3 Å². The quantitative estimate of drug-likeness (QED) is 0.747. The second-order valence-electron chi connectivity index (χ2n) is 6.13. The minimum atomic E-state index is -0.107. The molecule has 130 valence electrons. The number of carbonyl (C=O) groups excluding carboxylic acids is 2. The molecule has 0 spiro atoms. The van der Waals surface area contributed by atoms with Gasteiger partial charge in [-0.05, 0) is 13.8 Å². The largest absolute Gasteiger partial charge is 0.372 e. The van der Waals surface area contributed by atoms with Crippen molar-refractivity contribution in [2.45, 2.75) is 32.9 Å². The molecule has 0 aromatic carbocycles. The Morgan fingerprint density at radius 1 is 1.25 bits per heavy atom. The van der Waals surface area contributed by atoms with Gasteiger partial charge in [0.25, 0.3) is 0 Å². The van der Waals surface area contributed by atoms with Crippen LogP contribution >= 0.6 is 0 Å². The van der Waals surface area contributed by atoms with Crippen LogP contribution in [0.25, 0.3) is 0 Å². The predicted octanol–water partition coefficient (Wildman–Crippen LogP) is 0.764. The Morgan fingerprint density at radius 2 is 2.00 bits per heavy atom. The molecule has 0 radical (unpaired) electrons. The van der Waals surface area contributed by atoms with E-state index in [1.165, 1.54) is 0 Å². The highest BCUT2D eigenvalue weighted by Crippen LogP contribution is 2.25. The number of nitrogens with zero attached hydrogens (tertiary/aromatic N) is 4. The first kappa shape index (κ1) is 16.7. The van der Waals surface area contributed by atoms with Crippen LogP contribution < -0.4 is 0 Å². The number of hydrogen-bond acceptors (Lipinski definition) is 4. The highest BCUT2D eigenvalue weighted by atomic mass is 16.5. The van der Waals surface area contributed by atoms with Crippen molar-refractivity contribution in [1.29, 1.82) is 0 Å². The summed E-state index contributed by atoms with van der Waals surface area (Å²) in [6.07, 6.45) is 6.25. The summed E-state index contributed by atoms with van der Waals surface area (Å²) in [4.78, 5) is 32.7. The molecule has 1 aromatic rings. The Morgan fingerprint density at radius 3 is 2.71 bits per heavy atom. The molecule has 0 saturated carbocycles. The lowest BCUT2D eigenvalue weighted by molar-refractivity contribution is -0.139. The van der Waals surface area contributed by atoms with Crippen LogP contribution in [0, 0.1) is 0 Å². The van der Waals surface area contributed by atoms with E-state index in [9.17, 15) is 9.59 Å². The van der Waals surface area contributed by atoms with E-state index in [4.69, 9.17) is 4.74 Å². The molecule has 2 amide bonds. The first-order valence-electron chi connectivity index (χ1n) is 8.46. The molecule has 3 rings (SSSR count). The fourth-order valence-corrected chi connectivity index (χ4v) is 3.19. The average Bonchev–Trinajstić information content (AvgIpc) is 3.22. The van der Waals surface area contributed by atoms with Gasteiger partial charge in [0, 0.05) is 39.0 Å². The lowest BCUT2D eigenvalue weighted by atomic mass is 10.2. The number of rotatable bonds is 5. The van der Waals surface area contributed by atoms with Crippen LogP contribution in [0.4, 0.5) is 0 Å². The van der Waals surface area contributed by atoms with Crippen molar-refractivity contribution in [3.05, 3.63) is 29.9 Å². The van der Waals surface area contributed by atoms with E-state index in [1.54, 1.807) is 9.80 Å². The number of imidazole rings is 1. The zero-order valence-corrected chi connectivity index (χ0v) is 14.3. The van der Waals surface area contributed by atoms with Gasteiger partial charge in [0.2, 0.25) is 11.8 Å². The van der Waals surface area contributed by atoms with Gasteiger partial charge in [-0.25, -0.2) is 4.98 Å². The van der Waals surface area contributed by atoms with E-state index in [0.29, 0.717) is 39.2 Å². The van der Waals surface area contributed by atoms with Gasteiger partial charge in [0.1, 0.15) is 12.4 Å². The van der Waals surface area contributed by atoms with E-state index in [0.717, 1.165) is 11.5 Å². The van der Waals surface area contributed by atoms with Gasteiger partial charge >= 0.3 is 0 Å². The maximum Gasteiger partial charge on any atom is 0.249 e. The summed E-state index contributed by atoms with van der Waals surface area (Å²) in [6, 6.07) is -0.107. The molecule has 0 unspecified atom stereocenters. The number of carbonyl (C=O) groups is 2. The van der Waals surface area contributed by atoms with Crippen LogP contribution in [0.3, 0.4) is 0 Å². The fraction of sp³-hybridized carbons (Fsp3) is 0.588. The molecule has 7 nitrogen and oxygen atoms in total. The molecular formula is C17H24N4O3. The van der Waals surface area contributed by atoms with Crippen molar-refractivity contribution in [3.8, 4) is 0 Å². The average molecular weight is 332 g/mol. The molecule has 0 bridgehead atoms. The molecule has 2 aliphatic rings. The maximum atomic E-state index is 12.3. The molecule has 3 heterocycles. The Kier molecular flexibility index (Phi) is 4.99. The normalized spacial score (nSPS) is 19.7. The van der Waals surface area contributed by atoms with Crippen LogP contribution in [0.15, 0.2) is 18.3 Å². The van der Waals surface area contributed by atoms with Gasteiger partial charge < -0.3 is 19.1 Å². The molecule has 0 saturated heterocycles. The Balaban J connectivity index is 1.67. The molecule has 1 atom stereocenters. The minimum Gasteiger partial charge on any atom is -0.372 e. The Hall–Kier alpha value is -2.15. The van der Waals surface area contributed by atoms with Crippen LogP contribution in [-0.4, -0.2) is 64.0 Å². The fourth-order valence-electron chi connectivity index (χ4n) is 3.19. The topological polar surface area (TPSA) is 67.7 Å². The number of ether oxygens (including phenoxy) is 1. The summed E-state index contributed by atoms with van der Waals surface area (Å²) >= 11 is 0. The summed E-state index contributed by atoms with van der Waals surface area (Å²) in [6.45, 7) is 7.18. The third-order valence-corrected chi connectivity index (χ3v) is 4.53. The molecule has 0 aliphatic carbocycles. The van der Waals surface area contributed by atoms with Gasteiger partial charge in [0.15, 0.2) is 0 Å². The lowest BCUT2D eigenvalue weighted by Crippen LogP contribution is -2.42. The number of fused-ring (bicyclic) bond motifs is 1. The first-order valence-corrected chi connectivity index (χ1v) is 8.46. The van der Waals surface area contributed by atoms with E-state index >= 15 is 0 Å². The Labute approximate surface area is 141 Å². The highest BCUT2D eigenvalue weighted by Gasteiger charge is 2.30. The molecular weight excluding hydrogens is 308 g/mol. The van der Waals surface area contributed by atoms with Crippen LogP contribution in [0.1, 0.15) is 31.4 Å². The molecule has 7 heteroatoms. The van der Waals surface area contributed by atoms with Crippen molar-refractivity contribution in [3.63, 3.8) is 0 Å². The van der Waals surface area contributed by atoms with Crippen LogP contribution in [0.2, 0.25) is 0 Å². The lowest BCUT2D eigenvalue weighted by Gasteiger charge is -2.33. The summed E-state index contributed by atoms with van der Waals surface area (Å²) in [7, 11) is 0. The second kappa shape index (κ2) is 7.17. The Bertz CT molecular complexity index is 644. The SMILES string of the molecule is CCOCC(=O)N1CCn2cc(CC(=O)N3CC=CC3)nc2[C@@H]1C. The predicted molar refractivity (Wildman–Crippen MR) is 88.3 cm³/mol. The van der Waals surface area contributed by atoms with Gasteiger partial charge in [-0.3, -0.25) is 9.59 Å². The number of amides is 2. The molecule has 24 heavy (non-hydrogen) atoms. The van der Waals surface area contributed by atoms with Gasteiger partial charge in [-0.1, -0.05) is 12.2 Å². The molecule has 1 aromatic heterocycles. The van der Waals surface area contributed by atoms with Crippen molar-refractivity contribution >= 4 is 11.8 Å². The maximum absolute atomic E-state index is 12.3. The number of aromatic nitrogens is 2. The van der Waals surface area contributed by atoms with E-state index in [1.807, 2.05) is 32.2 Å². The zero-order valence-electron chi connectivity index (χ0n) is 14.3. The minimum absolute atomic E-state index is 0.0145. The molecule has 2 aliphatic heterocycles. The first-order chi connectivity index (χ1) is 11.6. The smallest absolute Gasteiger partial charge is 0.249 e. The van der Waals surface area contributed by atoms with Crippen molar-refractivity contribution in [2.24, 2.45) is 0 Å². The highest BCUT2D eigenvalue weighted by molar-refractivity contribution is 5.79. The molecule has 0 N–H and O–H groups in total. The summed E-state index contributed by atoms with van der Waals surface area (Å²) in [5.74, 6) is 0.917. The standard InChI is InChI=1S/C17H24N4O3/c1-3-24-12-16(23)21-9-8-20-11-14(18-17(20)13(21)2)10-15(22)19-6-4-5-7-19/h4-5,11,13H,3,6-10,12H2,1-2H3/t13-/m0/s1. The second-order valence-corrected chi connectivity index (χ2v) is 6.13. The van der Waals surface area contributed by atoms with Crippen molar-refractivity contribution in [1.82, 2.24) is 19.4 Å². The van der Waals surface area contributed by atoms with Crippen molar-refractivity contribution < 1.29 is 14.3 Å². The van der Waals surface area contributed by atoms with Crippen molar-refractivity contribution in [2.75, 3.05) is 32.8 Å². The van der Waals surface area contributed by atoms with Crippen LogP contribution in [0.5, 0.6) is 0 Å². The third-order valence-electron chi connectivity index (χ3n) is 4.53. The van der Waals surface area contributed by atoms with Gasteiger partial charge in [0.05, 0.1) is 18.2 Å². The summed E-state index contributed by atoms with van der Waals surface area (Å²) in [5.41, 5.74) is 0.771. The summed E-state index contributed by atoms with van der Waals surface area (Å²) < 4.78 is 7.28. The van der Waals surface area contributed by atoms with Gasteiger partial charge in [-0.15, -0.1) is 0 Å². The molecule has 0 fully saturated rings. The monoisotopic (exact) mass is 332 g/mol. The zero-order chi connectivity index (χ0) is 17.1.